The second-order valence-corrected chi connectivity index (χ2v) is 6.57. The fraction of sp³-hybridized carbons (Fsp3) is 0.526. The molecule has 122 valence electrons. The molecule has 22 heavy (non-hydrogen) atoms. The molecule has 0 spiro atoms. The van der Waals surface area contributed by atoms with E-state index in [0.717, 1.165) is 36.1 Å². The molecule has 0 bridgehead atoms. The molecule has 0 unspecified atom stereocenters. The molecule has 0 atom stereocenters. The predicted molar refractivity (Wildman–Crippen MR) is 91.4 cm³/mol. The van der Waals surface area contributed by atoms with Crippen LogP contribution >= 0.6 is 0 Å². The summed E-state index contributed by atoms with van der Waals surface area (Å²) in [5.41, 5.74) is 2.93. The summed E-state index contributed by atoms with van der Waals surface area (Å²) in [5.74, 6) is -0.137. The SMILES string of the molecule is CCCOc1ccc(C(C)(C)C)cc1/C(=C/C(=O)O)CCC. The van der Waals surface area contributed by atoms with Crippen LogP contribution in [0.4, 0.5) is 0 Å². The van der Waals surface area contributed by atoms with Gasteiger partial charge in [-0.25, -0.2) is 4.79 Å². The lowest BCUT2D eigenvalue weighted by Gasteiger charge is -2.22. The van der Waals surface area contributed by atoms with Crippen molar-refractivity contribution in [3.63, 3.8) is 0 Å². The molecule has 0 aliphatic rings. The fourth-order valence-corrected chi connectivity index (χ4v) is 2.29. The highest BCUT2D eigenvalue weighted by molar-refractivity contribution is 5.91. The van der Waals surface area contributed by atoms with Crippen LogP contribution in [0.2, 0.25) is 0 Å². The summed E-state index contributed by atoms with van der Waals surface area (Å²) < 4.78 is 5.83. The van der Waals surface area contributed by atoms with E-state index >= 15 is 0 Å². The van der Waals surface area contributed by atoms with Gasteiger partial charge in [-0.05, 0) is 41.5 Å². The highest BCUT2D eigenvalue weighted by Gasteiger charge is 2.18. The van der Waals surface area contributed by atoms with Crippen LogP contribution in [0, 0.1) is 0 Å². The molecule has 0 aliphatic carbocycles. The molecule has 0 fully saturated rings. The van der Waals surface area contributed by atoms with Gasteiger partial charge in [0.25, 0.3) is 0 Å². The Kier molecular flexibility index (Phi) is 6.66. The topological polar surface area (TPSA) is 46.5 Å². The van der Waals surface area contributed by atoms with Gasteiger partial charge in [0.1, 0.15) is 5.75 Å². The van der Waals surface area contributed by atoms with E-state index in [4.69, 9.17) is 9.84 Å². The molecule has 0 amide bonds. The highest BCUT2D eigenvalue weighted by Crippen LogP contribution is 2.34. The normalized spacial score (nSPS) is 12.3. The fourth-order valence-electron chi connectivity index (χ4n) is 2.29. The Balaban J connectivity index is 3.39. The van der Waals surface area contributed by atoms with Gasteiger partial charge in [0.15, 0.2) is 0 Å². The zero-order valence-corrected chi connectivity index (χ0v) is 14.4. The van der Waals surface area contributed by atoms with Crippen molar-refractivity contribution >= 4 is 11.5 Å². The summed E-state index contributed by atoms with van der Waals surface area (Å²) in [5, 5.41) is 9.15. The van der Waals surface area contributed by atoms with Crippen LogP contribution in [0.5, 0.6) is 5.75 Å². The van der Waals surface area contributed by atoms with Crippen molar-refractivity contribution < 1.29 is 14.6 Å². The second kappa shape index (κ2) is 8.02. The number of rotatable bonds is 7. The number of ether oxygens (including phenoxy) is 1. The minimum atomic E-state index is -0.911. The Morgan fingerprint density at radius 2 is 1.91 bits per heavy atom. The quantitative estimate of drug-likeness (QED) is 0.718. The molecule has 0 saturated heterocycles. The number of hydrogen-bond acceptors (Lipinski definition) is 2. The monoisotopic (exact) mass is 304 g/mol. The zero-order valence-electron chi connectivity index (χ0n) is 14.4. The summed E-state index contributed by atoms with van der Waals surface area (Å²) in [7, 11) is 0. The Bertz CT molecular complexity index is 536. The van der Waals surface area contributed by atoms with Crippen molar-refractivity contribution in [2.45, 2.75) is 59.3 Å². The summed E-state index contributed by atoms with van der Waals surface area (Å²) in [6.45, 7) is 11.2. The van der Waals surface area contributed by atoms with E-state index in [1.807, 2.05) is 6.07 Å². The van der Waals surface area contributed by atoms with Crippen molar-refractivity contribution in [1.82, 2.24) is 0 Å². The van der Waals surface area contributed by atoms with Crippen LogP contribution in [0.25, 0.3) is 5.57 Å². The van der Waals surface area contributed by atoms with Gasteiger partial charge < -0.3 is 9.84 Å². The van der Waals surface area contributed by atoms with Crippen molar-refractivity contribution in [3.8, 4) is 5.75 Å². The van der Waals surface area contributed by atoms with Gasteiger partial charge in [-0.3, -0.25) is 0 Å². The minimum Gasteiger partial charge on any atom is -0.493 e. The first-order valence-electron chi connectivity index (χ1n) is 8.00. The number of benzene rings is 1. The molecule has 1 aromatic rings. The van der Waals surface area contributed by atoms with Crippen LogP contribution in [-0.4, -0.2) is 17.7 Å². The molecule has 1 aromatic carbocycles. The Hall–Kier alpha value is -1.77. The standard InChI is InChI=1S/C19H28O3/c1-6-8-14(12-18(20)21)16-13-15(19(3,4)5)9-10-17(16)22-11-7-2/h9-10,12-13H,6-8,11H2,1-5H3,(H,20,21)/b14-12+. The Labute approximate surface area is 134 Å². The van der Waals surface area contributed by atoms with Crippen LogP contribution in [-0.2, 0) is 10.2 Å². The Morgan fingerprint density at radius 1 is 1.23 bits per heavy atom. The van der Waals surface area contributed by atoms with E-state index in [1.165, 1.54) is 11.6 Å². The van der Waals surface area contributed by atoms with Gasteiger partial charge in [-0.15, -0.1) is 0 Å². The molecule has 0 radical (unpaired) electrons. The summed E-state index contributed by atoms with van der Waals surface area (Å²) >= 11 is 0. The summed E-state index contributed by atoms with van der Waals surface area (Å²) in [4.78, 5) is 11.1. The van der Waals surface area contributed by atoms with Crippen molar-refractivity contribution in [2.24, 2.45) is 0 Å². The molecule has 0 heterocycles. The average Bonchev–Trinajstić information content (AvgIpc) is 2.43. The molecular weight excluding hydrogens is 276 g/mol. The van der Waals surface area contributed by atoms with Crippen molar-refractivity contribution in [3.05, 3.63) is 35.4 Å². The van der Waals surface area contributed by atoms with Crippen LogP contribution < -0.4 is 4.74 Å². The number of allylic oxidation sites excluding steroid dienone is 1. The third kappa shape index (κ3) is 5.21. The molecule has 0 aliphatic heterocycles. The average molecular weight is 304 g/mol. The number of carbonyl (C=O) groups is 1. The van der Waals surface area contributed by atoms with E-state index in [1.54, 1.807) is 0 Å². The van der Waals surface area contributed by atoms with Gasteiger partial charge in [0.2, 0.25) is 0 Å². The van der Waals surface area contributed by atoms with Crippen LogP contribution in [0.1, 0.15) is 65.0 Å². The number of carboxylic acids is 1. The molecular formula is C19H28O3. The van der Waals surface area contributed by atoms with E-state index in [2.05, 4.69) is 46.8 Å². The van der Waals surface area contributed by atoms with Crippen LogP contribution in [0.15, 0.2) is 24.3 Å². The molecule has 0 saturated carbocycles. The zero-order chi connectivity index (χ0) is 16.8. The van der Waals surface area contributed by atoms with E-state index in [9.17, 15) is 4.79 Å². The van der Waals surface area contributed by atoms with E-state index < -0.39 is 5.97 Å². The lowest BCUT2D eigenvalue weighted by Crippen LogP contribution is -2.12. The predicted octanol–water partition coefficient (Wildman–Crippen LogP) is 5.04. The maximum absolute atomic E-state index is 11.1. The number of carboxylic acid groups (broad SMARTS) is 1. The third-order valence-electron chi connectivity index (χ3n) is 3.47. The molecule has 1 N–H and O–H groups in total. The first-order chi connectivity index (χ1) is 10.3. The van der Waals surface area contributed by atoms with Gasteiger partial charge in [0, 0.05) is 11.6 Å². The molecule has 3 nitrogen and oxygen atoms in total. The highest BCUT2D eigenvalue weighted by atomic mass is 16.5. The van der Waals surface area contributed by atoms with Crippen molar-refractivity contribution in [2.75, 3.05) is 6.61 Å². The summed E-state index contributed by atoms with van der Waals surface area (Å²) in [6.07, 6.45) is 3.85. The number of aliphatic carboxylic acids is 1. The lowest BCUT2D eigenvalue weighted by molar-refractivity contribution is -0.131. The van der Waals surface area contributed by atoms with Gasteiger partial charge >= 0.3 is 5.97 Å². The maximum atomic E-state index is 11.1. The van der Waals surface area contributed by atoms with Gasteiger partial charge in [0.05, 0.1) is 6.61 Å². The van der Waals surface area contributed by atoms with E-state index in [-0.39, 0.29) is 5.41 Å². The second-order valence-electron chi connectivity index (χ2n) is 6.57. The van der Waals surface area contributed by atoms with E-state index in [0.29, 0.717) is 6.61 Å². The smallest absolute Gasteiger partial charge is 0.328 e. The summed E-state index contributed by atoms with van der Waals surface area (Å²) in [6, 6.07) is 6.12. The van der Waals surface area contributed by atoms with Gasteiger partial charge in [-0.2, -0.15) is 0 Å². The maximum Gasteiger partial charge on any atom is 0.328 e. The van der Waals surface area contributed by atoms with Gasteiger partial charge in [-0.1, -0.05) is 47.1 Å². The van der Waals surface area contributed by atoms with Crippen molar-refractivity contribution in [1.29, 1.82) is 0 Å². The third-order valence-corrected chi connectivity index (χ3v) is 3.47. The number of hydrogen-bond donors (Lipinski definition) is 1. The molecule has 3 heteroatoms. The van der Waals surface area contributed by atoms with Crippen LogP contribution in [0.3, 0.4) is 0 Å². The first-order valence-corrected chi connectivity index (χ1v) is 8.00. The molecule has 1 rings (SSSR count). The molecule has 0 aromatic heterocycles. The minimum absolute atomic E-state index is 0.0125. The largest absolute Gasteiger partial charge is 0.493 e. The lowest BCUT2D eigenvalue weighted by atomic mass is 9.84. The Morgan fingerprint density at radius 3 is 2.41 bits per heavy atom. The first kappa shape index (κ1) is 18.3.